The minimum absolute atomic E-state index is 0.312. The zero-order valence-electron chi connectivity index (χ0n) is 9.95. The fourth-order valence-electron chi connectivity index (χ4n) is 2.67. The van der Waals surface area contributed by atoms with Crippen molar-refractivity contribution in [2.24, 2.45) is 17.6 Å². The van der Waals surface area contributed by atoms with Crippen LogP contribution in [0.15, 0.2) is 0 Å². The molecule has 2 nitrogen and oxygen atoms in total. The van der Waals surface area contributed by atoms with Gasteiger partial charge in [-0.2, -0.15) is 0 Å². The Bertz CT molecular complexity index is 191. The SMILES string of the molecule is CCC1CCCC(OCC(N)C2CC2)C1. The molecule has 15 heavy (non-hydrogen) atoms. The zero-order valence-corrected chi connectivity index (χ0v) is 9.95. The molecule has 2 rings (SSSR count). The Morgan fingerprint density at radius 2 is 2.07 bits per heavy atom. The maximum Gasteiger partial charge on any atom is 0.0623 e. The van der Waals surface area contributed by atoms with Crippen LogP contribution in [0, 0.1) is 11.8 Å². The number of ether oxygens (including phenoxy) is 1. The molecule has 3 atom stereocenters. The van der Waals surface area contributed by atoms with Crippen molar-refractivity contribution in [3.05, 3.63) is 0 Å². The van der Waals surface area contributed by atoms with E-state index in [1.54, 1.807) is 0 Å². The van der Waals surface area contributed by atoms with Crippen LogP contribution >= 0.6 is 0 Å². The smallest absolute Gasteiger partial charge is 0.0623 e. The molecular formula is C13H25NO. The van der Waals surface area contributed by atoms with Crippen molar-refractivity contribution in [1.82, 2.24) is 0 Å². The first kappa shape index (κ1) is 11.4. The largest absolute Gasteiger partial charge is 0.377 e. The monoisotopic (exact) mass is 211 g/mol. The van der Waals surface area contributed by atoms with Crippen LogP contribution in [0.2, 0.25) is 0 Å². The van der Waals surface area contributed by atoms with Crippen molar-refractivity contribution in [2.75, 3.05) is 6.61 Å². The molecule has 0 aliphatic heterocycles. The second kappa shape index (κ2) is 5.31. The third-order valence-electron chi connectivity index (χ3n) is 4.06. The average molecular weight is 211 g/mol. The fraction of sp³-hybridized carbons (Fsp3) is 1.00. The highest BCUT2D eigenvalue weighted by atomic mass is 16.5. The lowest BCUT2D eigenvalue weighted by molar-refractivity contribution is 0.00362. The number of hydrogen-bond acceptors (Lipinski definition) is 2. The normalized spacial score (nSPS) is 34.0. The van der Waals surface area contributed by atoms with Crippen molar-refractivity contribution in [2.45, 2.75) is 64.0 Å². The van der Waals surface area contributed by atoms with Gasteiger partial charge in [-0.25, -0.2) is 0 Å². The van der Waals surface area contributed by atoms with E-state index in [4.69, 9.17) is 10.5 Å². The van der Waals surface area contributed by atoms with E-state index < -0.39 is 0 Å². The third-order valence-corrected chi connectivity index (χ3v) is 4.06. The van der Waals surface area contributed by atoms with Crippen LogP contribution in [0.3, 0.4) is 0 Å². The Morgan fingerprint density at radius 3 is 2.73 bits per heavy atom. The van der Waals surface area contributed by atoms with Gasteiger partial charge < -0.3 is 10.5 Å². The van der Waals surface area contributed by atoms with Crippen molar-refractivity contribution >= 4 is 0 Å². The maximum atomic E-state index is 6.04. The molecule has 2 N–H and O–H groups in total. The van der Waals surface area contributed by atoms with Gasteiger partial charge in [0, 0.05) is 6.04 Å². The minimum Gasteiger partial charge on any atom is -0.377 e. The molecule has 0 heterocycles. The fourth-order valence-corrected chi connectivity index (χ4v) is 2.67. The molecule has 3 unspecified atom stereocenters. The topological polar surface area (TPSA) is 35.2 Å². The summed E-state index contributed by atoms with van der Waals surface area (Å²) in [7, 11) is 0. The van der Waals surface area contributed by atoms with Gasteiger partial charge in [0.05, 0.1) is 12.7 Å². The van der Waals surface area contributed by atoms with Crippen LogP contribution in [-0.4, -0.2) is 18.8 Å². The first-order valence-electron chi connectivity index (χ1n) is 6.66. The van der Waals surface area contributed by atoms with Crippen LogP contribution in [0.1, 0.15) is 51.9 Å². The summed E-state index contributed by atoms with van der Waals surface area (Å²) in [5.74, 6) is 1.68. The molecule has 2 aliphatic carbocycles. The average Bonchev–Trinajstić information content (AvgIpc) is 3.10. The molecule has 88 valence electrons. The van der Waals surface area contributed by atoms with E-state index in [1.165, 1.54) is 44.9 Å². The summed E-state index contributed by atoms with van der Waals surface area (Å²) in [5, 5.41) is 0. The van der Waals surface area contributed by atoms with Gasteiger partial charge in [-0.15, -0.1) is 0 Å². The zero-order chi connectivity index (χ0) is 10.7. The summed E-state index contributed by atoms with van der Waals surface area (Å²) in [5.41, 5.74) is 6.04. The molecule has 0 aromatic carbocycles. The minimum atomic E-state index is 0.312. The Morgan fingerprint density at radius 1 is 1.27 bits per heavy atom. The third kappa shape index (κ3) is 3.46. The van der Waals surface area contributed by atoms with Crippen LogP contribution in [0.4, 0.5) is 0 Å². The summed E-state index contributed by atoms with van der Waals surface area (Å²) in [4.78, 5) is 0. The van der Waals surface area contributed by atoms with Crippen LogP contribution < -0.4 is 5.73 Å². The molecule has 0 spiro atoms. The molecule has 2 saturated carbocycles. The van der Waals surface area contributed by atoms with Crippen LogP contribution in [-0.2, 0) is 4.74 Å². The van der Waals surface area contributed by atoms with Gasteiger partial charge in [0.2, 0.25) is 0 Å². The first-order chi connectivity index (χ1) is 7.29. The van der Waals surface area contributed by atoms with Gasteiger partial charge in [0.25, 0.3) is 0 Å². The molecule has 0 amide bonds. The predicted molar refractivity (Wildman–Crippen MR) is 62.7 cm³/mol. The van der Waals surface area contributed by atoms with E-state index in [0.717, 1.165) is 18.4 Å². The molecule has 2 heteroatoms. The summed E-state index contributed by atoms with van der Waals surface area (Å²) in [6, 6.07) is 0.312. The summed E-state index contributed by atoms with van der Waals surface area (Å²) >= 11 is 0. The quantitative estimate of drug-likeness (QED) is 0.759. The van der Waals surface area contributed by atoms with Gasteiger partial charge >= 0.3 is 0 Å². The number of nitrogens with two attached hydrogens (primary N) is 1. The summed E-state index contributed by atoms with van der Waals surface area (Å²) in [6.07, 6.45) is 9.76. The first-order valence-corrected chi connectivity index (χ1v) is 6.66. The second-order valence-corrected chi connectivity index (χ2v) is 5.40. The highest BCUT2D eigenvalue weighted by molar-refractivity contribution is 4.84. The van der Waals surface area contributed by atoms with E-state index in [0.29, 0.717) is 12.1 Å². The van der Waals surface area contributed by atoms with Crippen LogP contribution in [0.5, 0.6) is 0 Å². The standard InChI is InChI=1S/C13H25NO/c1-2-10-4-3-5-12(8-10)15-9-13(14)11-6-7-11/h10-13H,2-9,14H2,1H3. The summed E-state index contributed by atoms with van der Waals surface area (Å²) in [6.45, 7) is 3.09. The van der Waals surface area contributed by atoms with Gasteiger partial charge in [-0.3, -0.25) is 0 Å². The van der Waals surface area contributed by atoms with Crippen LogP contribution in [0.25, 0.3) is 0 Å². The summed E-state index contributed by atoms with van der Waals surface area (Å²) < 4.78 is 5.95. The second-order valence-electron chi connectivity index (χ2n) is 5.40. The van der Waals surface area contributed by atoms with Gasteiger partial charge in [0.15, 0.2) is 0 Å². The van der Waals surface area contributed by atoms with Gasteiger partial charge in [-0.1, -0.05) is 26.2 Å². The number of rotatable bonds is 5. The van der Waals surface area contributed by atoms with E-state index in [1.807, 2.05) is 0 Å². The highest BCUT2D eigenvalue weighted by Gasteiger charge is 2.29. The molecule has 0 aromatic rings. The highest BCUT2D eigenvalue weighted by Crippen LogP contribution is 2.33. The predicted octanol–water partition coefficient (Wildman–Crippen LogP) is 2.71. The van der Waals surface area contributed by atoms with Crippen molar-refractivity contribution < 1.29 is 4.74 Å². The number of hydrogen-bond donors (Lipinski definition) is 1. The Balaban J connectivity index is 1.64. The molecular weight excluding hydrogens is 186 g/mol. The van der Waals surface area contributed by atoms with Crippen molar-refractivity contribution in [3.63, 3.8) is 0 Å². The maximum absolute atomic E-state index is 6.04. The molecule has 0 radical (unpaired) electrons. The molecule has 2 aliphatic rings. The Hall–Kier alpha value is -0.0800. The lowest BCUT2D eigenvalue weighted by Gasteiger charge is -2.29. The van der Waals surface area contributed by atoms with Gasteiger partial charge in [-0.05, 0) is 37.5 Å². The lowest BCUT2D eigenvalue weighted by Crippen LogP contribution is -2.32. The molecule has 2 fully saturated rings. The van der Waals surface area contributed by atoms with Crippen molar-refractivity contribution in [3.8, 4) is 0 Å². The van der Waals surface area contributed by atoms with E-state index >= 15 is 0 Å². The van der Waals surface area contributed by atoms with E-state index in [9.17, 15) is 0 Å². The molecule has 0 aromatic heterocycles. The Labute approximate surface area is 93.6 Å². The van der Waals surface area contributed by atoms with E-state index in [2.05, 4.69) is 6.92 Å². The molecule has 0 bridgehead atoms. The van der Waals surface area contributed by atoms with Crippen molar-refractivity contribution in [1.29, 1.82) is 0 Å². The molecule has 0 saturated heterocycles. The van der Waals surface area contributed by atoms with E-state index in [-0.39, 0.29) is 0 Å². The Kier molecular flexibility index (Phi) is 4.04. The lowest BCUT2D eigenvalue weighted by atomic mass is 9.85. The van der Waals surface area contributed by atoms with Gasteiger partial charge in [0.1, 0.15) is 0 Å².